The van der Waals surface area contributed by atoms with Crippen molar-refractivity contribution in [2.45, 2.75) is 0 Å². The van der Waals surface area contributed by atoms with Gasteiger partial charge in [0.05, 0.1) is 25.3 Å². The molecule has 1 aromatic rings. The molecule has 18 heavy (non-hydrogen) atoms. The minimum Gasteiger partial charge on any atom is -0.378 e. The molecule has 0 aromatic carbocycles. The van der Waals surface area contributed by atoms with Crippen LogP contribution in [0.1, 0.15) is 5.56 Å². The molecule has 0 bridgehead atoms. The first-order chi connectivity index (χ1) is 8.79. The Bertz CT molecular complexity index is 446. The topological polar surface area (TPSA) is 78.2 Å². The standard InChI is InChI=1S/C12H14N4O2/c13-7-10-1-2-11(14-8-10)15-9-12(17)16-3-5-18-6-4-16/h1-2,8H,3-6,9H2,(H,14,15). The normalized spacial score (nSPS) is 14.9. The van der Waals surface area contributed by atoms with Crippen LogP contribution < -0.4 is 5.32 Å². The van der Waals surface area contributed by atoms with Crippen molar-refractivity contribution in [1.29, 1.82) is 5.26 Å². The summed E-state index contributed by atoms with van der Waals surface area (Å²) in [6, 6.07) is 5.34. The van der Waals surface area contributed by atoms with Gasteiger partial charge in [-0.2, -0.15) is 5.26 Å². The molecule has 0 radical (unpaired) electrons. The van der Waals surface area contributed by atoms with Gasteiger partial charge in [-0.05, 0) is 12.1 Å². The molecule has 0 aliphatic carbocycles. The van der Waals surface area contributed by atoms with Crippen LogP contribution in [0.15, 0.2) is 18.3 Å². The molecule has 1 N–H and O–H groups in total. The molecule has 0 saturated carbocycles. The summed E-state index contributed by atoms with van der Waals surface area (Å²) in [7, 11) is 0. The zero-order valence-electron chi connectivity index (χ0n) is 9.93. The lowest BCUT2D eigenvalue weighted by Crippen LogP contribution is -2.43. The Kier molecular flexibility index (Phi) is 4.10. The van der Waals surface area contributed by atoms with Gasteiger partial charge in [0.25, 0.3) is 0 Å². The number of hydrogen-bond acceptors (Lipinski definition) is 5. The second-order valence-corrected chi connectivity index (χ2v) is 3.89. The highest BCUT2D eigenvalue weighted by Gasteiger charge is 2.16. The first-order valence-corrected chi connectivity index (χ1v) is 5.75. The van der Waals surface area contributed by atoms with Crippen molar-refractivity contribution < 1.29 is 9.53 Å². The van der Waals surface area contributed by atoms with Crippen LogP contribution in [0.3, 0.4) is 0 Å². The molecule has 0 atom stereocenters. The molecular weight excluding hydrogens is 232 g/mol. The van der Waals surface area contributed by atoms with Crippen LogP contribution in [-0.2, 0) is 9.53 Å². The summed E-state index contributed by atoms with van der Waals surface area (Å²) in [6.45, 7) is 2.68. The maximum Gasteiger partial charge on any atom is 0.242 e. The second kappa shape index (κ2) is 5.98. The summed E-state index contributed by atoms with van der Waals surface area (Å²) in [4.78, 5) is 17.6. The summed E-state index contributed by atoms with van der Waals surface area (Å²) >= 11 is 0. The lowest BCUT2D eigenvalue weighted by atomic mass is 10.3. The van der Waals surface area contributed by atoms with E-state index in [1.807, 2.05) is 6.07 Å². The summed E-state index contributed by atoms with van der Waals surface area (Å²) in [5.74, 6) is 0.625. The van der Waals surface area contributed by atoms with E-state index in [4.69, 9.17) is 10.00 Å². The van der Waals surface area contributed by atoms with Crippen LogP contribution in [-0.4, -0.2) is 48.6 Å². The van der Waals surface area contributed by atoms with E-state index in [2.05, 4.69) is 10.3 Å². The Morgan fingerprint density at radius 2 is 2.28 bits per heavy atom. The summed E-state index contributed by atoms with van der Waals surface area (Å²) in [6.07, 6.45) is 1.47. The summed E-state index contributed by atoms with van der Waals surface area (Å²) in [5, 5.41) is 11.6. The predicted molar refractivity (Wildman–Crippen MR) is 64.8 cm³/mol. The Balaban J connectivity index is 1.83. The molecule has 0 spiro atoms. The molecule has 0 unspecified atom stereocenters. The lowest BCUT2D eigenvalue weighted by Gasteiger charge is -2.26. The van der Waals surface area contributed by atoms with Crippen LogP contribution in [0.5, 0.6) is 0 Å². The SMILES string of the molecule is N#Cc1ccc(NCC(=O)N2CCOCC2)nc1. The van der Waals surface area contributed by atoms with Crippen LogP contribution in [0.2, 0.25) is 0 Å². The number of nitrogens with zero attached hydrogens (tertiary/aromatic N) is 3. The molecule has 1 amide bonds. The number of carbonyl (C=O) groups is 1. The largest absolute Gasteiger partial charge is 0.378 e. The number of amides is 1. The Labute approximate surface area is 105 Å². The van der Waals surface area contributed by atoms with Gasteiger partial charge < -0.3 is 15.0 Å². The molecule has 1 fully saturated rings. The second-order valence-electron chi connectivity index (χ2n) is 3.89. The maximum absolute atomic E-state index is 11.8. The third-order valence-electron chi connectivity index (χ3n) is 2.68. The highest BCUT2D eigenvalue weighted by atomic mass is 16.5. The first kappa shape index (κ1) is 12.3. The number of ether oxygens (including phenoxy) is 1. The molecule has 1 aromatic heterocycles. The van der Waals surface area contributed by atoms with Gasteiger partial charge in [0.1, 0.15) is 11.9 Å². The van der Waals surface area contributed by atoms with E-state index in [9.17, 15) is 4.79 Å². The fourth-order valence-corrected chi connectivity index (χ4v) is 1.66. The predicted octanol–water partition coefficient (Wildman–Crippen LogP) is 0.224. The number of carbonyl (C=O) groups excluding carboxylic acids is 1. The highest BCUT2D eigenvalue weighted by Crippen LogP contribution is 2.04. The van der Waals surface area contributed by atoms with E-state index < -0.39 is 0 Å². The summed E-state index contributed by atoms with van der Waals surface area (Å²) < 4.78 is 5.18. The van der Waals surface area contributed by atoms with Crippen molar-refractivity contribution >= 4 is 11.7 Å². The van der Waals surface area contributed by atoms with Crippen molar-refractivity contribution in [2.24, 2.45) is 0 Å². The number of anilines is 1. The van der Waals surface area contributed by atoms with Crippen LogP contribution >= 0.6 is 0 Å². The molecule has 6 heteroatoms. The monoisotopic (exact) mass is 246 g/mol. The van der Waals surface area contributed by atoms with Gasteiger partial charge in [0.15, 0.2) is 0 Å². The third-order valence-corrected chi connectivity index (χ3v) is 2.68. The molecule has 1 saturated heterocycles. The number of nitrogens with one attached hydrogen (secondary N) is 1. The van der Waals surface area contributed by atoms with Crippen molar-refractivity contribution in [1.82, 2.24) is 9.88 Å². The molecule has 94 valence electrons. The van der Waals surface area contributed by atoms with Crippen molar-refractivity contribution in [3.8, 4) is 6.07 Å². The van der Waals surface area contributed by atoms with E-state index >= 15 is 0 Å². The van der Waals surface area contributed by atoms with E-state index in [0.29, 0.717) is 37.7 Å². The maximum atomic E-state index is 11.8. The Hall–Kier alpha value is -2.13. The Morgan fingerprint density at radius 1 is 1.50 bits per heavy atom. The molecule has 1 aliphatic rings. The minimum absolute atomic E-state index is 0.0319. The fraction of sp³-hybridized carbons (Fsp3) is 0.417. The van der Waals surface area contributed by atoms with Crippen LogP contribution in [0.4, 0.5) is 5.82 Å². The van der Waals surface area contributed by atoms with Gasteiger partial charge in [-0.25, -0.2) is 4.98 Å². The van der Waals surface area contributed by atoms with Crippen molar-refractivity contribution in [2.75, 3.05) is 38.2 Å². The van der Waals surface area contributed by atoms with E-state index in [0.717, 1.165) is 0 Å². The third kappa shape index (κ3) is 3.18. The number of pyridine rings is 1. The van der Waals surface area contributed by atoms with Gasteiger partial charge >= 0.3 is 0 Å². The van der Waals surface area contributed by atoms with E-state index in [1.165, 1.54) is 6.20 Å². The molecule has 2 rings (SSSR count). The van der Waals surface area contributed by atoms with Gasteiger partial charge in [0.2, 0.25) is 5.91 Å². The van der Waals surface area contributed by atoms with Crippen molar-refractivity contribution in [3.05, 3.63) is 23.9 Å². The lowest BCUT2D eigenvalue weighted by molar-refractivity contribution is -0.133. The molecule has 2 heterocycles. The van der Waals surface area contributed by atoms with E-state index in [1.54, 1.807) is 17.0 Å². The van der Waals surface area contributed by atoms with Gasteiger partial charge in [-0.3, -0.25) is 4.79 Å². The number of morpholine rings is 1. The fourth-order valence-electron chi connectivity index (χ4n) is 1.66. The average molecular weight is 246 g/mol. The quantitative estimate of drug-likeness (QED) is 0.825. The number of hydrogen-bond donors (Lipinski definition) is 1. The van der Waals surface area contributed by atoms with Crippen LogP contribution in [0, 0.1) is 11.3 Å². The highest BCUT2D eigenvalue weighted by molar-refractivity contribution is 5.80. The van der Waals surface area contributed by atoms with Gasteiger partial charge in [-0.15, -0.1) is 0 Å². The number of rotatable bonds is 3. The van der Waals surface area contributed by atoms with Gasteiger partial charge in [0, 0.05) is 19.3 Å². The minimum atomic E-state index is 0.0319. The van der Waals surface area contributed by atoms with Crippen molar-refractivity contribution in [3.63, 3.8) is 0 Å². The van der Waals surface area contributed by atoms with Crippen LogP contribution in [0.25, 0.3) is 0 Å². The molecular formula is C12H14N4O2. The zero-order valence-corrected chi connectivity index (χ0v) is 9.93. The smallest absolute Gasteiger partial charge is 0.242 e. The van der Waals surface area contributed by atoms with E-state index in [-0.39, 0.29) is 12.5 Å². The molecule has 6 nitrogen and oxygen atoms in total. The summed E-state index contributed by atoms with van der Waals surface area (Å²) in [5.41, 5.74) is 0.500. The number of aromatic nitrogens is 1. The number of nitriles is 1. The molecule has 1 aliphatic heterocycles. The zero-order chi connectivity index (χ0) is 12.8. The Morgan fingerprint density at radius 3 is 2.89 bits per heavy atom. The first-order valence-electron chi connectivity index (χ1n) is 5.75. The van der Waals surface area contributed by atoms with Gasteiger partial charge in [-0.1, -0.05) is 0 Å². The average Bonchev–Trinajstić information content (AvgIpc) is 2.46.